The summed E-state index contributed by atoms with van der Waals surface area (Å²) in [5.41, 5.74) is 7.54. The molecular formula is C25H37N3O2W. The molecule has 6 heteroatoms. The van der Waals surface area contributed by atoms with Gasteiger partial charge in [0, 0.05) is 68.5 Å². The molecule has 0 bridgehead atoms. The minimum absolute atomic E-state index is 0. The number of Topliss-reactive ketones (excluding diaryl/α,β-unsaturated/α-hetero) is 1. The summed E-state index contributed by atoms with van der Waals surface area (Å²) in [6.45, 7) is 14.0. The molecule has 0 fully saturated rings. The van der Waals surface area contributed by atoms with E-state index in [1.807, 2.05) is 50.4 Å². The summed E-state index contributed by atoms with van der Waals surface area (Å²) in [5.74, 6) is -0.330. The number of nitrogens with one attached hydrogen (secondary N) is 2. The minimum atomic E-state index is -0.308. The van der Waals surface area contributed by atoms with Crippen LogP contribution in [-0.2, 0) is 37.1 Å². The van der Waals surface area contributed by atoms with Crippen LogP contribution in [0.1, 0.15) is 46.1 Å². The number of para-hydroxylation sites is 1. The minimum Gasteiger partial charge on any atom is -0.370 e. The predicted octanol–water partition coefficient (Wildman–Crippen LogP) is 4.54. The molecule has 31 heavy (non-hydrogen) atoms. The maximum atomic E-state index is 12.9. The van der Waals surface area contributed by atoms with E-state index in [0.717, 1.165) is 16.5 Å². The van der Waals surface area contributed by atoms with Crippen molar-refractivity contribution in [2.75, 3.05) is 0 Å². The average molecular weight is 595 g/mol. The van der Waals surface area contributed by atoms with Gasteiger partial charge < -0.3 is 16.0 Å². The molecule has 2 aromatic rings. The van der Waals surface area contributed by atoms with E-state index in [4.69, 9.17) is 5.73 Å². The number of aromatic nitrogens is 1. The molecule has 1 aromatic carbocycles. The molecule has 1 amide bonds. The summed E-state index contributed by atoms with van der Waals surface area (Å²) < 4.78 is 0. The Balaban J connectivity index is 0.00000291. The van der Waals surface area contributed by atoms with Crippen molar-refractivity contribution in [2.45, 2.75) is 59.0 Å². The fraction of sp³-hybridized carbons (Fsp3) is 0.440. The first kappa shape index (κ1) is 29.0. The molecule has 0 aliphatic rings. The van der Waals surface area contributed by atoms with E-state index >= 15 is 0 Å². The number of primary amides is 1. The quantitative estimate of drug-likeness (QED) is 0.334. The number of amides is 1. The third-order valence-corrected chi connectivity index (χ3v) is 4.87. The second-order valence-electron chi connectivity index (χ2n) is 8.04. The van der Waals surface area contributed by atoms with Crippen LogP contribution in [0.15, 0.2) is 55.8 Å². The number of H-pyrrole nitrogens is 1. The number of hydrogen-bond acceptors (Lipinski definition) is 3. The molecule has 0 radical (unpaired) electrons. The zero-order valence-corrected chi connectivity index (χ0v) is 22.1. The van der Waals surface area contributed by atoms with Gasteiger partial charge in [-0.1, -0.05) is 58.0 Å². The molecule has 0 aliphatic heterocycles. The van der Waals surface area contributed by atoms with E-state index in [0.29, 0.717) is 19.3 Å². The molecule has 0 saturated carbocycles. The van der Waals surface area contributed by atoms with Crippen LogP contribution in [0.3, 0.4) is 0 Å². The fourth-order valence-electron chi connectivity index (χ4n) is 3.46. The second kappa shape index (κ2) is 14.9. The van der Waals surface area contributed by atoms with Crippen molar-refractivity contribution >= 4 is 22.6 Å². The van der Waals surface area contributed by atoms with Gasteiger partial charge in [-0.15, -0.1) is 13.2 Å². The van der Waals surface area contributed by atoms with Crippen LogP contribution in [0.4, 0.5) is 0 Å². The monoisotopic (exact) mass is 595 g/mol. The van der Waals surface area contributed by atoms with Crippen LogP contribution in [0.2, 0.25) is 0 Å². The number of benzene rings is 1. The second-order valence-corrected chi connectivity index (χ2v) is 8.04. The number of rotatable bonds is 11. The van der Waals surface area contributed by atoms with Crippen LogP contribution in [-0.4, -0.2) is 28.8 Å². The third-order valence-electron chi connectivity index (χ3n) is 4.87. The zero-order chi connectivity index (χ0) is 22.7. The molecule has 0 unspecified atom stereocenters. The van der Waals surface area contributed by atoms with Crippen LogP contribution in [0, 0.1) is 11.8 Å². The van der Waals surface area contributed by atoms with Gasteiger partial charge >= 0.3 is 0 Å². The Kier molecular flexibility index (Phi) is 14.0. The van der Waals surface area contributed by atoms with Crippen molar-refractivity contribution in [1.29, 1.82) is 0 Å². The standard InChI is InChI=1S/C23H33N3O2.C2H4.W/c1-15(2)23(28)17(9-10-19(26-16(3)4)11-12-22(24)27)13-18-14-25-21-8-6-5-7-20(18)21;1-2;/h5-10,14-17,19,25-26H,11-13H2,1-4H3,(H2,24,27);1-2H2;/b10-9+;;/t17-,19+;;/m0../s1. The van der Waals surface area contributed by atoms with E-state index in [9.17, 15) is 9.59 Å². The number of carbonyl (C=O) groups excluding carboxylic acids is 2. The molecule has 4 N–H and O–H groups in total. The van der Waals surface area contributed by atoms with Crippen molar-refractivity contribution in [3.8, 4) is 0 Å². The summed E-state index contributed by atoms with van der Waals surface area (Å²) in [4.78, 5) is 27.3. The number of carbonyl (C=O) groups is 2. The van der Waals surface area contributed by atoms with Gasteiger partial charge in [0.1, 0.15) is 5.78 Å². The van der Waals surface area contributed by atoms with Gasteiger partial charge in [0.25, 0.3) is 0 Å². The first-order valence-electron chi connectivity index (χ1n) is 10.6. The largest absolute Gasteiger partial charge is 0.370 e. The van der Waals surface area contributed by atoms with Gasteiger partial charge in [-0.25, -0.2) is 0 Å². The molecule has 0 saturated heterocycles. The number of aromatic amines is 1. The Bertz CT molecular complexity index is 842. The Morgan fingerprint density at radius 3 is 2.35 bits per heavy atom. The molecule has 0 aliphatic carbocycles. The van der Waals surface area contributed by atoms with Crippen molar-refractivity contribution in [3.63, 3.8) is 0 Å². The zero-order valence-electron chi connectivity index (χ0n) is 19.2. The number of hydrogen-bond donors (Lipinski definition) is 3. The van der Waals surface area contributed by atoms with Crippen LogP contribution < -0.4 is 11.1 Å². The van der Waals surface area contributed by atoms with E-state index < -0.39 is 0 Å². The van der Waals surface area contributed by atoms with Crippen molar-refractivity contribution in [1.82, 2.24) is 10.3 Å². The molecular weight excluding hydrogens is 558 g/mol. The number of ketones is 1. The van der Waals surface area contributed by atoms with Crippen molar-refractivity contribution < 1.29 is 30.7 Å². The first-order valence-corrected chi connectivity index (χ1v) is 10.6. The van der Waals surface area contributed by atoms with Gasteiger partial charge in [0.05, 0.1) is 0 Å². The van der Waals surface area contributed by atoms with Crippen molar-refractivity contribution in [2.24, 2.45) is 17.6 Å². The topological polar surface area (TPSA) is 88.0 Å². The van der Waals surface area contributed by atoms with Gasteiger partial charge in [0.15, 0.2) is 0 Å². The molecule has 170 valence electrons. The smallest absolute Gasteiger partial charge is 0.217 e. The number of allylic oxidation sites excluding steroid dienone is 1. The predicted molar refractivity (Wildman–Crippen MR) is 126 cm³/mol. The molecule has 2 rings (SSSR count). The SMILES string of the molecule is C=C.CC(C)N[C@H](/C=C/[C@@H](Cc1c[nH]c2ccccc12)C(=O)C(C)C)CCC(N)=O.[W]. The Morgan fingerprint density at radius 2 is 1.77 bits per heavy atom. The Labute approximate surface area is 201 Å². The van der Waals surface area contributed by atoms with Crippen LogP contribution in [0.5, 0.6) is 0 Å². The maximum absolute atomic E-state index is 12.9. The van der Waals surface area contributed by atoms with E-state index in [2.05, 4.69) is 43.4 Å². The Morgan fingerprint density at radius 1 is 1.13 bits per heavy atom. The van der Waals surface area contributed by atoms with Crippen LogP contribution >= 0.6 is 0 Å². The molecule has 1 aromatic heterocycles. The summed E-state index contributed by atoms with van der Waals surface area (Å²) in [5, 5.41) is 4.59. The maximum Gasteiger partial charge on any atom is 0.217 e. The van der Waals surface area contributed by atoms with Gasteiger partial charge in [-0.05, 0) is 24.5 Å². The van der Waals surface area contributed by atoms with Crippen molar-refractivity contribution in [3.05, 3.63) is 61.3 Å². The molecule has 1 heterocycles. The number of nitrogens with two attached hydrogens (primary N) is 1. The summed E-state index contributed by atoms with van der Waals surface area (Å²) in [6.07, 6.45) is 7.63. The van der Waals surface area contributed by atoms with E-state index in [-0.39, 0.29) is 56.7 Å². The van der Waals surface area contributed by atoms with Gasteiger partial charge in [-0.3, -0.25) is 9.59 Å². The molecule has 2 atom stereocenters. The van der Waals surface area contributed by atoms with Gasteiger partial charge in [0.2, 0.25) is 5.91 Å². The third kappa shape index (κ3) is 9.80. The van der Waals surface area contributed by atoms with E-state index in [1.165, 1.54) is 0 Å². The average Bonchev–Trinajstić information content (AvgIpc) is 3.12. The first-order chi connectivity index (χ1) is 14.3. The van der Waals surface area contributed by atoms with Crippen LogP contribution in [0.25, 0.3) is 10.9 Å². The summed E-state index contributed by atoms with van der Waals surface area (Å²) in [6, 6.07) is 8.42. The molecule has 0 spiro atoms. The Hall–Kier alpha value is -1.97. The van der Waals surface area contributed by atoms with Gasteiger partial charge in [-0.2, -0.15) is 0 Å². The fourth-order valence-corrected chi connectivity index (χ4v) is 3.46. The van der Waals surface area contributed by atoms with E-state index in [1.54, 1.807) is 0 Å². The number of fused-ring (bicyclic) bond motifs is 1. The molecule has 5 nitrogen and oxygen atoms in total. The summed E-state index contributed by atoms with van der Waals surface area (Å²) >= 11 is 0. The summed E-state index contributed by atoms with van der Waals surface area (Å²) in [7, 11) is 0. The normalized spacial score (nSPS) is 13.0.